The van der Waals surface area contributed by atoms with E-state index in [9.17, 15) is 0 Å². The van der Waals surface area contributed by atoms with Crippen LogP contribution in [0.25, 0.3) is 66.7 Å². The van der Waals surface area contributed by atoms with Crippen LogP contribution >= 0.6 is 0 Å². The van der Waals surface area contributed by atoms with E-state index in [-0.39, 0.29) is 0 Å². The zero-order valence-electron chi connectivity index (χ0n) is 21.9. The number of aromatic nitrogens is 1. The Kier molecular flexibility index (Phi) is 4.58. The number of fused-ring (bicyclic) bond motifs is 6. The summed E-state index contributed by atoms with van der Waals surface area (Å²) in [7, 11) is 0. The first-order valence-electron chi connectivity index (χ1n) is 13.7. The predicted octanol–water partition coefficient (Wildman–Crippen LogP) is 10.5. The molecule has 4 heteroatoms. The number of furan rings is 1. The molecule has 1 aliphatic carbocycles. The van der Waals surface area contributed by atoms with Crippen molar-refractivity contribution in [3.63, 3.8) is 0 Å². The number of anilines is 3. The number of hydrogen-bond acceptors (Lipinski definition) is 4. The van der Waals surface area contributed by atoms with Gasteiger partial charge in [-0.2, -0.15) is 0 Å². The lowest BCUT2D eigenvalue weighted by Gasteiger charge is -2.25. The Morgan fingerprint density at radius 2 is 1.24 bits per heavy atom. The first-order chi connectivity index (χ1) is 20.3. The Morgan fingerprint density at radius 3 is 2.10 bits per heavy atom. The van der Waals surface area contributed by atoms with Gasteiger partial charge in [-0.05, 0) is 53.9 Å². The summed E-state index contributed by atoms with van der Waals surface area (Å²) in [5.74, 6) is 1.47. The smallest absolute Gasteiger partial charge is 0.227 e. The average molecular weight is 527 g/mol. The molecule has 6 aromatic carbocycles. The topological polar surface area (TPSA) is 42.4 Å². The van der Waals surface area contributed by atoms with Crippen LogP contribution in [0.4, 0.5) is 17.1 Å². The Hall–Kier alpha value is -5.61. The molecule has 2 heterocycles. The second kappa shape index (κ2) is 8.44. The van der Waals surface area contributed by atoms with E-state index < -0.39 is 0 Å². The van der Waals surface area contributed by atoms with Crippen molar-refractivity contribution < 1.29 is 8.83 Å². The summed E-state index contributed by atoms with van der Waals surface area (Å²) in [5.41, 5.74) is 8.88. The third-order valence-electron chi connectivity index (χ3n) is 8.04. The van der Waals surface area contributed by atoms with Gasteiger partial charge in [0.2, 0.25) is 5.89 Å². The van der Waals surface area contributed by atoms with Crippen molar-refractivity contribution in [1.82, 2.24) is 4.98 Å². The van der Waals surface area contributed by atoms with E-state index in [4.69, 9.17) is 13.8 Å². The van der Waals surface area contributed by atoms with Gasteiger partial charge in [0.15, 0.2) is 11.3 Å². The normalized spacial score (nSPS) is 11.9. The van der Waals surface area contributed by atoms with Crippen LogP contribution in [0.15, 0.2) is 142 Å². The summed E-state index contributed by atoms with van der Waals surface area (Å²) in [6, 6.07) is 46.0. The van der Waals surface area contributed by atoms with Crippen molar-refractivity contribution >= 4 is 49.8 Å². The van der Waals surface area contributed by atoms with Gasteiger partial charge in [0, 0.05) is 44.2 Å². The molecule has 0 spiro atoms. The highest BCUT2D eigenvalue weighted by Gasteiger charge is 2.28. The molecule has 41 heavy (non-hydrogen) atoms. The van der Waals surface area contributed by atoms with E-state index in [1.807, 2.05) is 18.2 Å². The molecule has 0 saturated carbocycles. The maximum absolute atomic E-state index is 6.42. The molecule has 0 radical (unpaired) electrons. The highest BCUT2D eigenvalue weighted by Crippen LogP contribution is 2.48. The van der Waals surface area contributed by atoms with Gasteiger partial charge < -0.3 is 13.7 Å². The molecule has 2 aromatic heterocycles. The second-order valence-electron chi connectivity index (χ2n) is 10.4. The molecular formula is C37H22N2O2. The van der Waals surface area contributed by atoms with Crippen LogP contribution < -0.4 is 4.90 Å². The van der Waals surface area contributed by atoms with Gasteiger partial charge in [-0.25, -0.2) is 4.98 Å². The maximum atomic E-state index is 6.42. The van der Waals surface area contributed by atoms with E-state index in [0.29, 0.717) is 5.89 Å². The van der Waals surface area contributed by atoms with Crippen molar-refractivity contribution in [3.8, 4) is 34.0 Å². The Labute approximate surface area is 235 Å². The lowest BCUT2D eigenvalue weighted by molar-refractivity contribution is 0.590. The number of nitrogens with zero attached hydrogens (tertiary/aromatic N) is 2. The highest BCUT2D eigenvalue weighted by molar-refractivity contribution is 6.13. The van der Waals surface area contributed by atoms with E-state index in [1.165, 1.54) is 10.8 Å². The minimum atomic E-state index is 0.624. The van der Waals surface area contributed by atoms with Crippen molar-refractivity contribution in [2.24, 2.45) is 0 Å². The molecule has 0 bridgehead atoms. The van der Waals surface area contributed by atoms with Crippen molar-refractivity contribution in [2.45, 2.75) is 0 Å². The molecule has 9 rings (SSSR count). The van der Waals surface area contributed by atoms with Crippen LogP contribution in [-0.4, -0.2) is 4.98 Å². The van der Waals surface area contributed by atoms with Crippen LogP contribution in [0.5, 0.6) is 0 Å². The Morgan fingerprint density at radius 1 is 0.537 bits per heavy atom. The third kappa shape index (κ3) is 3.25. The number of benzene rings is 6. The number of para-hydroxylation sites is 3. The van der Waals surface area contributed by atoms with Gasteiger partial charge in [0.25, 0.3) is 0 Å². The number of hydrogen-bond donors (Lipinski definition) is 0. The van der Waals surface area contributed by atoms with Gasteiger partial charge in [-0.3, -0.25) is 0 Å². The molecule has 1 aliphatic rings. The van der Waals surface area contributed by atoms with Crippen LogP contribution in [0.1, 0.15) is 0 Å². The number of oxazole rings is 1. The van der Waals surface area contributed by atoms with Crippen LogP contribution in [0.3, 0.4) is 0 Å². The van der Waals surface area contributed by atoms with Gasteiger partial charge >= 0.3 is 0 Å². The first-order valence-corrected chi connectivity index (χ1v) is 13.7. The van der Waals surface area contributed by atoms with Crippen LogP contribution in [-0.2, 0) is 0 Å². The lowest BCUT2D eigenvalue weighted by Crippen LogP contribution is -2.10. The van der Waals surface area contributed by atoms with E-state index in [0.717, 1.165) is 67.1 Å². The van der Waals surface area contributed by atoms with Gasteiger partial charge in [-0.1, -0.05) is 84.9 Å². The minimum Gasteiger partial charge on any atom is -0.454 e. The zero-order chi connectivity index (χ0) is 26.9. The fraction of sp³-hybridized carbons (Fsp3) is 0. The average Bonchev–Trinajstić information content (AvgIpc) is 3.72. The maximum Gasteiger partial charge on any atom is 0.227 e. The van der Waals surface area contributed by atoms with Gasteiger partial charge in [-0.15, -0.1) is 0 Å². The molecule has 4 nitrogen and oxygen atoms in total. The second-order valence-corrected chi connectivity index (χ2v) is 10.4. The van der Waals surface area contributed by atoms with Crippen molar-refractivity contribution in [2.75, 3.05) is 4.90 Å². The van der Waals surface area contributed by atoms with Crippen molar-refractivity contribution in [3.05, 3.63) is 133 Å². The fourth-order valence-corrected chi connectivity index (χ4v) is 6.20. The van der Waals surface area contributed by atoms with E-state index in [2.05, 4.69) is 120 Å². The number of rotatable bonds is 4. The van der Waals surface area contributed by atoms with Gasteiger partial charge in [0.05, 0.1) is 5.69 Å². The lowest BCUT2D eigenvalue weighted by atomic mass is 10.0. The SMILES string of the molecule is c1ccc(N(c2ccc(-c3nc4c(o3)-c3cccc5cccc-4c35)cc2)c2cccc3c2oc2ccccc23)cc1. The standard InChI is InChI=1S/C37H22N2O2/c1-2-11-25(12-3-1)39(31-17-8-14-28-27-13-4-5-18-32(27)40-35(28)31)26-21-19-24(20-22-26)37-38-34-29-15-6-9-23-10-7-16-30(33(23)29)36(34)41-37/h1-22H. The monoisotopic (exact) mass is 526 g/mol. The zero-order valence-corrected chi connectivity index (χ0v) is 21.9. The Balaban J connectivity index is 1.16. The molecule has 0 N–H and O–H groups in total. The van der Waals surface area contributed by atoms with E-state index in [1.54, 1.807) is 0 Å². The van der Waals surface area contributed by atoms with Gasteiger partial charge in [0.1, 0.15) is 11.3 Å². The summed E-state index contributed by atoms with van der Waals surface area (Å²) >= 11 is 0. The Bertz CT molecular complexity index is 2200. The van der Waals surface area contributed by atoms with Crippen molar-refractivity contribution in [1.29, 1.82) is 0 Å². The molecular weight excluding hydrogens is 504 g/mol. The fourth-order valence-electron chi connectivity index (χ4n) is 6.20. The molecule has 0 aliphatic heterocycles. The summed E-state index contributed by atoms with van der Waals surface area (Å²) < 4.78 is 12.8. The molecule has 0 unspecified atom stereocenters. The molecule has 0 atom stereocenters. The molecule has 0 amide bonds. The summed E-state index contributed by atoms with van der Waals surface area (Å²) in [6.45, 7) is 0. The van der Waals surface area contributed by atoms with Crippen LogP contribution in [0.2, 0.25) is 0 Å². The summed E-state index contributed by atoms with van der Waals surface area (Å²) in [6.07, 6.45) is 0. The largest absolute Gasteiger partial charge is 0.454 e. The highest BCUT2D eigenvalue weighted by atomic mass is 16.4. The first kappa shape index (κ1) is 22.2. The molecule has 0 fully saturated rings. The summed E-state index contributed by atoms with van der Waals surface area (Å²) in [4.78, 5) is 7.20. The summed E-state index contributed by atoms with van der Waals surface area (Å²) in [5, 5.41) is 4.64. The predicted molar refractivity (Wildman–Crippen MR) is 166 cm³/mol. The minimum absolute atomic E-state index is 0.624. The van der Waals surface area contributed by atoms with E-state index >= 15 is 0 Å². The third-order valence-corrected chi connectivity index (χ3v) is 8.04. The molecule has 8 aromatic rings. The van der Waals surface area contributed by atoms with Crippen LogP contribution in [0, 0.1) is 0 Å². The molecule has 0 saturated heterocycles. The molecule has 192 valence electrons. The quantitative estimate of drug-likeness (QED) is 0.229.